The van der Waals surface area contributed by atoms with Crippen LogP contribution in [0.15, 0.2) is 16.8 Å². The van der Waals surface area contributed by atoms with Gasteiger partial charge in [0.05, 0.1) is 5.92 Å². The van der Waals surface area contributed by atoms with Crippen LogP contribution >= 0.6 is 0 Å². The second-order valence-corrected chi connectivity index (χ2v) is 6.07. The van der Waals surface area contributed by atoms with Crippen molar-refractivity contribution in [1.29, 1.82) is 0 Å². The summed E-state index contributed by atoms with van der Waals surface area (Å²) in [7, 11) is 1.98. The minimum Gasteiger partial charge on any atom is -0.425 e. The fourth-order valence-corrected chi connectivity index (χ4v) is 2.79. The quantitative estimate of drug-likeness (QED) is 0.866. The number of nitrogens with zero attached hydrogens (tertiary/aromatic N) is 4. The summed E-state index contributed by atoms with van der Waals surface area (Å²) in [6.07, 6.45) is 6.43. The van der Waals surface area contributed by atoms with Gasteiger partial charge in [0.25, 0.3) is 0 Å². The SMILES string of the molecule is CC(C)Cc1nnc([C@@H]2CCCO[C@H]2c2nccn2C)o1. The molecule has 2 aromatic rings. The largest absolute Gasteiger partial charge is 0.425 e. The molecular formula is C15H22N4O2. The van der Waals surface area contributed by atoms with Gasteiger partial charge in [-0.3, -0.25) is 0 Å². The van der Waals surface area contributed by atoms with E-state index in [4.69, 9.17) is 9.15 Å². The lowest BCUT2D eigenvalue weighted by Gasteiger charge is -2.28. The monoisotopic (exact) mass is 290 g/mol. The molecule has 114 valence electrons. The van der Waals surface area contributed by atoms with Gasteiger partial charge in [-0.05, 0) is 18.8 Å². The average Bonchev–Trinajstić information content (AvgIpc) is 3.07. The summed E-state index contributed by atoms with van der Waals surface area (Å²) in [6, 6.07) is 0. The Balaban J connectivity index is 1.84. The number of imidazole rings is 1. The fraction of sp³-hybridized carbons (Fsp3) is 0.667. The Morgan fingerprint density at radius 1 is 1.38 bits per heavy atom. The third kappa shape index (κ3) is 3.00. The van der Waals surface area contributed by atoms with E-state index in [1.54, 1.807) is 6.20 Å². The Morgan fingerprint density at radius 2 is 2.24 bits per heavy atom. The summed E-state index contributed by atoms with van der Waals surface area (Å²) in [5, 5.41) is 8.42. The van der Waals surface area contributed by atoms with Gasteiger partial charge < -0.3 is 13.7 Å². The minimum absolute atomic E-state index is 0.0910. The molecule has 1 saturated heterocycles. The first-order valence-corrected chi connectivity index (χ1v) is 7.56. The van der Waals surface area contributed by atoms with E-state index in [0.29, 0.717) is 17.7 Å². The molecule has 6 heteroatoms. The number of hydrogen-bond acceptors (Lipinski definition) is 5. The van der Waals surface area contributed by atoms with Crippen molar-refractivity contribution in [2.24, 2.45) is 13.0 Å². The second-order valence-electron chi connectivity index (χ2n) is 6.07. The van der Waals surface area contributed by atoms with Crippen LogP contribution in [0.5, 0.6) is 0 Å². The minimum atomic E-state index is -0.105. The van der Waals surface area contributed by atoms with Crippen LogP contribution in [0.25, 0.3) is 0 Å². The summed E-state index contributed by atoms with van der Waals surface area (Å²) in [6.45, 7) is 5.04. The normalized spacial score (nSPS) is 22.9. The molecule has 0 amide bonds. The smallest absolute Gasteiger partial charge is 0.222 e. The molecule has 2 aromatic heterocycles. The van der Waals surface area contributed by atoms with Gasteiger partial charge in [0.2, 0.25) is 11.8 Å². The molecule has 0 bridgehead atoms. The van der Waals surface area contributed by atoms with E-state index < -0.39 is 0 Å². The highest BCUT2D eigenvalue weighted by Gasteiger charge is 2.35. The van der Waals surface area contributed by atoms with Crippen LogP contribution in [0.1, 0.15) is 56.3 Å². The van der Waals surface area contributed by atoms with E-state index in [0.717, 1.165) is 31.7 Å². The van der Waals surface area contributed by atoms with Gasteiger partial charge in [-0.2, -0.15) is 0 Å². The molecule has 1 aliphatic rings. The Bertz CT molecular complexity index is 590. The zero-order chi connectivity index (χ0) is 14.8. The van der Waals surface area contributed by atoms with Gasteiger partial charge in [-0.25, -0.2) is 4.98 Å². The molecule has 0 N–H and O–H groups in total. The summed E-state index contributed by atoms with van der Waals surface area (Å²) in [4.78, 5) is 4.42. The van der Waals surface area contributed by atoms with Crippen molar-refractivity contribution < 1.29 is 9.15 Å². The molecule has 0 aromatic carbocycles. The third-order valence-electron chi connectivity index (χ3n) is 3.82. The highest BCUT2D eigenvalue weighted by molar-refractivity contribution is 5.07. The van der Waals surface area contributed by atoms with Gasteiger partial charge in [-0.1, -0.05) is 13.8 Å². The van der Waals surface area contributed by atoms with E-state index in [9.17, 15) is 0 Å². The molecular weight excluding hydrogens is 268 g/mol. The van der Waals surface area contributed by atoms with E-state index in [-0.39, 0.29) is 12.0 Å². The maximum Gasteiger partial charge on any atom is 0.222 e. The topological polar surface area (TPSA) is 66.0 Å². The van der Waals surface area contributed by atoms with Gasteiger partial charge in [0, 0.05) is 32.5 Å². The predicted octanol–water partition coefficient (Wildman–Crippen LogP) is 2.64. The molecule has 0 unspecified atom stereocenters. The van der Waals surface area contributed by atoms with Crippen LogP contribution in [-0.4, -0.2) is 26.4 Å². The fourth-order valence-electron chi connectivity index (χ4n) is 2.79. The van der Waals surface area contributed by atoms with Crippen molar-refractivity contribution in [3.05, 3.63) is 30.0 Å². The molecule has 3 heterocycles. The van der Waals surface area contributed by atoms with Crippen LogP contribution in [0, 0.1) is 5.92 Å². The standard InChI is InChI=1S/C15H22N4O2/c1-10(2)9-12-17-18-15(21-12)11-5-4-8-20-13(11)14-16-6-7-19(14)3/h6-7,10-11,13H,4-5,8-9H2,1-3H3/t11-,13-/m1/s1. The van der Waals surface area contributed by atoms with Crippen LogP contribution in [0.2, 0.25) is 0 Å². The number of rotatable bonds is 4. The summed E-state index contributed by atoms with van der Waals surface area (Å²) in [5.41, 5.74) is 0. The number of hydrogen-bond donors (Lipinski definition) is 0. The van der Waals surface area contributed by atoms with Crippen molar-refractivity contribution in [2.75, 3.05) is 6.61 Å². The Kier molecular flexibility index (Phi) is 4.05. The van der Waals surface area contributed by atoms with Gasteiger partial charge >= 0.3 is 0 Å². The molecule has 2 atom stereocenters. The molecule has 0 radical (unpaired) electrons. The molecule has 1 aliphatic heterocycles. The van der Waals surface area contributed by atoms with Crippen molar-refractivity contribution in [3.63, 3.8) is 0 Å². The van der Waals surface area contributed by atoms with E-state index in [1.807, 2.05) is 17.8 Å². The van der Waals surface area contributed by atoms with Crippen molar-refractivity contribution in [2.45, 2.75) is 45.1 Å². The first-order valence-electron chi connectivity index (χ1n) is 7.56. The summed E-state index contributed by atoms with van der Waals surface area (Å²) in [5.74, 6) is 2.91. The van der Waals surface area contributed by atoms with Gasteiger partial charge in [-0.15, -0.1) is 10.2 Å². The molecule has 0 spiro atoms. The van der Waals surface area contributed by atoms with Crippen molar-refractivity contribution in [3.8, 4) is 0 Å². The highest BCUT2D eigenvalue weighted by Crippen LogP contribution is 2.39. The molecule has 6 nitrogen and oxygen atoms in total. The zero-order valence-corrected chi connectivity index (χ0v) is 12.8. The first-order chi connectivity index (χ1) is 10.1. The van der Waals surface area contributed by atoms with Crippen molar-refractivity contribution in [1.82, 2.24) is 19.7 Å². The zero-order valence-electron chi connectivity index (χ0n) is 12.8. The third-order valence-corrected chi connectivity index (χ3v) is 3.82. The van der Waals surface area contributed by atoms with Crippen LogP contribution < -0.4 is 0 Å². The van der Waals surface area contributed by atoms with Crippen LogP contribution in [0.3, 0.4) is 0 Å². The molecule has 0 saturated carbocycles. The summed E-state index contributed by atoms with van der Waals surface area (Å²) >= 11 is 0. The Morgan fingerprint density at radius 3 is 2.95 bits per heavy atom. The predicted molar refractivity (Wildman–Crippen MR) is 76.7 cm³/mol. The molecule has 3 rings (SSSR count). The maximum absolute atomic E-state index is 5.95. The second kappa shape index (κ2) is 5.97. The van der Waals surface area contributed by atoms with Crippen LogP contribution in [0.4, 0.5) is 0 Å². The maximum atomic E-state index is 5.95. The summed E-state index contributed by atoms with van der Waals surface area (Å²) < 4.78 is 13.8. The van der Waals surface area contributed by atoms with Gasteiger partial charge in [0.1, 0.15) is 11.9 Å². The first kappa shape index (κ1) is 14.3. The lowest BCUT2D eigenvalue weighted by Crippen LogP contribution is -2.24. The van der Waals surface area contributed by atoms with Gasteiger partial charge in [0.15, 0.2) is 0 Å². The lowest BCUT2D eigenvalue weighted by atomic mass is 9.93. The highest BCUT2D eigenvalue weighted by atomic mass is 16.5. The Hall–Kier alpha value is -1.69. The Labute approximate surface area is 124 Å². The average molecular weight is 290 g/mol. The van der Waals surface area contributed by atoms with E-state index in [2.05, 4.69) is 29.0 Å². The van der Waals surface area contributed by atoms with Crippen molar-refractivity contribution >= 4 is 0 Å². The lowest BCUT2D eigenvalue weighted by molar-refractivity contribution is -0.0159. The van der Waals surface area contributed by atoms with Crippen LogP contribution in [-0.2, 0) is 18.2 Å². The van der Waals surface area contributed by atoms with E-state index >= 15 is 0 Å². The molecule has 21 heavy (non-hydrogen) atoms. The number of ether oxygens (including phenoxy) is 1. The molecule has 0 aliphatic carbocycles. The number of aromatic nitrogens is 4. The van der Waals surface area contributed by atoms with E-state index in [1.165, 1.54) is 0 Å². The molecule has 1 fully saturated rings. The number of aryl methyl sites for hydroxylation is 1.